The third-order valence-electron chi connectivity index (χ3n) is 6.20. The molecule has 0 aromatic rings. The Labute approximate surface area is 269 Å². The monoisotopic (exact) mass is 674 g/mol. The highest BCUT2D eigenvalue weighted by Crippen LogP contribution is 2.33. The molecular formula is C29H38O18. The summed E-state index contributed by atoms with van der Waals surface area (Å²) in [5, 5.41) is 0. The van der Waals surface area contributed by atoms with E-state index >= 15 is 0 Å². The van der Waals surface area contributed by atoms with Gasteiger partial charge in [0.25, 0.3) is 0 Å². The molecule has 2 aliphatic rings. The minimum atomic E-state index is -1.64. The molecule has 18 heteroatoms. The average Bonchev–Trinajstić information content (AvgIpc) is 2.93. The molecular weight excluding hydrogens is 636 g/mol. The van der Waals surface area contributed by atoms with Gasteiger partial charge in [0.05, 0.1) is 6.61 Å². The lowest BCUT2D eigenvalue weighted by atomic mass is 9.97. The van der Waals surface area contributed by atoms with Crippen LogP contribution < -0.4 is 0 Å². The van der Waals surface area contributed by atoms with Crippen LogP contribution in [0.2, 0.25) is 0 Å². The number of carbonyl (C=O) groups excluding carboxylic acids is 7. The van der Waals surface area contributed by atoms with Crippen molar-refractivity contribution in [2.75, 3.05) is 19.8 Å². The maximum atomic E-state index is 12.2. The van der Waals surface area contributed by atoms with Crippen molar-refractivity contribution in [1.29, 1.82) is 0 Å². The summed E-state index contributed by atoms with van der Waals surface area (Å²) in [6.45, 7) is 5.99. The van der Waals surface area contributed by atoms with Gasteiger partial charge in [0.15, 0.2) is 49.2 Å². The average molecular weight is 675 g/mol. The quantitative estimate of drug-likeness (QED) is 0.133. The third-order valence-corrected chi connectivity index (χ3v) is 6.20. The van der Waals surface area contributed by atoms with E-state index in [1.807, 2.05) is 0 Å². The minimum absolute atomic E-state index is 0.347. The second-order valence-corrected chi connectivity index (χ2v) is 10.2. The Morgan fingerprint density at radius 1 is 0.489 bits per heavy atom. The summed E-state index contributed by atoms with van der Waals surface area (Å²) >= 11 is 0. The van der Waals surface area contributed by atoms with E-state index < -0.39 is 116 Å². The van der Waals surface area contributed by atoms with Gasteiger partial charge in [-0.2, -0.15) is 0 Å². The fraction of sp³-hybridized carbons (Fsp3) is 0.690. The van der Waals surface area contributed by atoms with Crippen LogP contribution in [-0.4, -0.2) is 123 Å². The molecule has 2 heterocycles. The zero-order chi connectivity index (χ0) is 35.4. The second kappa shape index (κ2) is 18.1. The maximum absolute atomic E-state index is 12.2. The van der Waals surface area contributed by atoms with Gasteiger partial charge in [-0.1, -0.05) is 5.92 Å². The lowest BCUT2D eigenvalue weighted by molar-refractivity contribution is -0.333. The topological polar surface area (TPSA) is 221 Å². The van der Waals surface area contributed by atoms with Gasteiger partial charge < -0.3 is 52.1 Å². The maximum Gasteiger partial charge on any atom is 0.303 e. The predicted molar refractivity (Wildman–Crippen MR) is 148 cm³/mol. The molecule has 262 valence electrons. The molecule has 0 aliphatic carbocycles. The van der Waals surface area contributed by atoms with E-state index in [2.05, 4.69) is 5.92 Å². The van der Waals surface area contributed by atoms with E-state index in [-0.39, 0.29) is 6.61 Å². The fourth-order valence-electron chi connectivity index (χ4n) is 4.77. The van der Waals surface area contributed by atoms with Crippen LogP contribution in [0.1, 0.15) is 48.5 Å². The molecule has 0 unspecified atom stereocenters. The molecule has 2 rings (SSSR count). The van der Waals surface area contributed by atoms with Crippen LogP contribution in [0.4, 0.5) is 0 Å². The van der Waals surface area contributed by atoms with E-state index in [9.17, 15) is 33.6 Å². The van der Waals surface area contributed by atoms with Gasteiger partial charge in [0.2, 0.25) is 0 Å². The van der Waals surface area contributed by atoms with E-state index in [1.54, 1.807) is 0 Å². The van der Waals surface area contributed by atoms with Gasteiger partial charge >= 0.3 is 41.8 Å². The largest absolute Gasteiger partial charge is 0.463 e. The number of hydrogen-bond donors (Lipinski definition) is 0. The second-order valence-electron chi connectivity index (χ2n) is 10.2. The van der Waals surface area contributed by atoms with Crippen molar-refractivity contribution < 1.29 is 85.7 Å². The standard InChI is InChI=1S/C29H38O18/c1-9-10-37-28-26(44-18(7)35)24(42-16(5)33)23(41-15(4)32)21(46-28)12-39-29-27(45-19(8)36)25(43-17(6)34)22(40-14(3)31)20(47-29)11-38-13(2)30/h1,20-29H,10-12H2,2-8H3/t20-,21-,22+,23-,24+,25+,26-,27-,28-,29+/m1/s1. The lowest BCUT2D eigenvalue weighted by Gasteiger charge is -2.46. The molecule has 0 spiro atoms. The fourth-order valence-corrected chi connectivity index (χ4v) is 4.77. The first kappa shape index (κ1) is 38.9. The van der Waals surface area contributed by atoms with Crippen LogP contribution >= 0.6 is 0 Å². The van der Waals surface area contributed by atoms with Crippen LogP contribution in [-0.2, 0) is 85.7 Å². The molecule has 0 radical (unpaired) electrons. The van der Waals surface area contributed by atoms with Gasteiger partial charge in [-0.05, 0) is 0 Å². The summed E-state index contributed by atoms with van der Waals surface area (Å²) in [6, 6.07) is 0. The van der Waals surface area contributed by atoms with Crippen LogP contribution in [0.3, 0.4) is 0 Å². The number of terminal acetylenes is 1. The van der Waals surface area contributed by atoms with E-state index in [0.29, 0.717) is 0 Å². The molecule has 2 aliphatic heterocycles. The van der Waals surface area contributed by atoms with Crippen LogP contribution in [0, 0.1) is 12.3 Å². The van der Waals surface area contributed by atoms with Crippen LogP contribution in [0.25, 0.3) is 0 Å². The normalized spacial score (nSPS) is 30.0. The highest BCUT2D eigenvalue weighted by Gasteiger charge is 2.55. The molecule has 18 nitrogen and oxygen atoms in total. The molecule has 0 saturated carbocycles. The van der Waals surface area contributed by atoms with Crippen molar-refractivity contribution in [3.05, 3.63) is 0 Å². The Balaban J connectivity index is 2.55. The third kappa shape index (κ3) is 12.1. The Kier molecular flexibility index (Phi) is 15.0. The van der Waals surface area contributed by atoms with Crippen LogP contribution in [0.5, 0.6) is 0 Å². The molecule has 0 aromatic heterocycles. The summed E-state index contributed by atoms with van der Waals surface area (Å²) in [6.07, 6.45) is -9.51. The molecule has 0 N–H and O–H groups in total. The highest BCUT2D eigenvalue weighted by atomic mass is 16.8. The molecule has 2 fully saturated rings. The number of esters is 7. The molecule has 0 aromatic carbocycles. The van der Waals surface area contributed by atoms with Crippen molar-refractivity contribution >= 4 is 41.8 Å². The minimum Gasteiger partial charge on any atom is -0.463 e. The highest BCUT2D eigenvalue weighted by molar-refractivity contribution is 5.69. The SMILES string of the molecule is C#CCO[C@@H]1O[C@H](CO[C@H]2O[C@H](COC(C)=O)[C@H](OC(C)=O)[C@H](OC(C)=O)[C@H]2OC(C)=O)[C@@H](OC(C)=O)[C@H](OC(C)=O)[C@H]1OC(C)=O. The first-order chi connectivity index (χ1) is 22.0. The van der Waals surface area contributed by atoms with Gasteiger partial charge in [-0.3, -0.25) is 33.6 Å². The molecule has 0 amide bonds. The van der Waals surface area contributed by atoms with E-state index in [1.165, 1.54) is 0 Å². The summed E-state index contributed by atoms with van der Waals surface area (Å²) in [7, 11) is 0. The van der Waals surface area contributed by atoms with Crippen molar-refractivity contribution in [1.82, 2.24) is 0 Å². The first-order valence-corrected chi connectivity index (χ1v) is 14.2. The Hall–Kier alpha value is -4.31. The first-order valence-electron chi connectivity index (χ1n) is 14.2. The number of carbonyl (C=O) groups is 7. The Bertz CT molecular complexity index is 1210. The zero-order valence-corrected chi connectivity index (χ0v) is 26.8. The van der Waals surface area contributed by atoms with Gasteiger partial charge in [0.1, 0.15) is 25.4 Å². The number of ether oxygens (including phenoxy) is 11. The number of hydrogen-bond acceptors (Lipinski definition) is 18. The Morgan fingerprint density at radius 3 is 1.19 bits per heavy atom. The van der Waals surface area contributed by atoms with Gasteiger partial charge in [-0.15, -0.1) is 6.42 Å². The summed E-state index contributed by atoms with van der Waals surface area (Å²) in [5.74, 6) is -3.59. The van der Waals surface area contributed by atoms with E-state index in [0.717, 1.165) is 48.5 Å². The Morgan fingerprint density at radius 2 is 0.830 bits per heavy atom. The lowest BCUT2D eigenvalue weighted by Crippen LogP contribution is -2.65. The molecule has 0 bridgehead atoms. The van der Waals surface area contributed by atoms with Crippen molar-refractivity contribution in [2.24, 2.45) is 0 Å². The van der Waals surface area contributed by atoms with E-state index in [4.69, 9.17) is 58.5 Å². The van der Waals surface area contributed by atoms with Gasteiger partial charge in [0, 0.05) is 48.5 Å². The molecule has 10 atom stereocenters. The summed E-state index contributed by atoms with van der Waals surface area (Å²) in [4.78, 5) is 84.1. The molecule has 2 saturated heterocycles. The predicted octanol–water partition coefficient (Wildman–Crippen LogP) is -0.744. The summed E-state index contributed by atoms with van der Waals surface area (Å²) in [5.41, 5.74) is 0. The van der Waals surface area contributed by atoms with Crippen molar-refractivity contribution in [2.45, 2.75) is 110 Å². The van der Waals surface area contributed by atoms with Crippen molar-refractivity contribution in [3.8, 4) is 12.3 Å². The van der Waals surface area contributed by atoms with Crippen LogP contribution in [0.15, 0.2) is 0 Å². The van der Waals surface area contributed by atoms with Crippen molar-refractivity contribution in [3.63, 3.8) is 0 Å². The van der Waals surface area contributed by atoms with Gasteiger partial charge in [-0.25, -0.2) is 0 Å². The smallest absolute Gasteiger partial charge is 0.303 e. The molecule has 47 heavy (non-hydrogen) atoms. The number of rotatable bonds is 13. The zero-order valence-electron chi connectivity index (χ0n) is 26.8. The summed E-state index contributed by atoms with van der Waals surface area (Å²) < 4.78 is 60.6.